The molecule has 0 aliphatic carbocycles. The SMILES string of the molecule is CCCCCCC=CCCCCCCCCCC(=O)OC[C@H](CO)OC(=O)CCCCCCCCCCCCCCCCCCCCC. The van der Waals surface area contributed by atoms with Crippen LogP contribution < -0.4 is 0 Å². The Balaban J connectivity index is 3.49. The number of allylic oxidation sites excluding steroid dienone is 2. The lowest BCUT2D eigenvalue weighted by Gasteiger charge is -2.15. The molecule has 284 valence electrons. The smallest absolute Gasteiger partial charge is 0.306 e. The molecule has 1 atom stereocenters. The van der Waals surface area contributed by atoms with Crippen LogP contribution in [0.3, 0.4) is 0 Å². The molecule has 0 radical (unpaired) electrons. The van der Waals surface area contributed by atoms with Gasteiger partial charge < -0.3 is 14.6 Å². The van der Waals surface area contributed by atoms with Gasteiger partial charge >= 0.3 is 11.9 Å². The van der Waals surface area contributed by atoms with E-state index in [0.717, 1.165) is 38.5 Å². The molecule has 0 aliphatic heterocycles. The number of carbonyl (C=O) groups excluding carboxylic acids is 2. The van der Waals surface area contributed by atoms with E-state index in [1.807, 2.05) is 0 Å². The van der Waals surface area contributed by atoms with Crippen LogP contribution in [0.1, 0.15) is 232 Å². The zero-order valence-corrected chi connectivity index (χ0v) is 32.3. The molecular formula is C43H82O5. The van der Waals surface area contributed by atoms with Crippen molar-refractivity contribution in [3.05, 3.63) is 12.2 Å². The molecule has 0 aliphatic rings. The van der Waals surface area contributed by atoms with Crippen molar-refractivity contribution in [2.45, 2.75) is 238 Å². The number of hydrogen-bond acceptors (Lipinski definition) is 5. The average Bonchev–Trinajstić information content (AvgIpc) is 3.09. The van der Waals surface area contributed by atoms with Crippen LogP contribution in [0.5, 0.6) is 0 Å². The predicted molar refractivity (Wildman–Crippen MR) is 205 cm³/mol. The molecule has 0 amide bonds. The van der Waals surface area contributed by atoms with Gasteiger partial charge in [0.2, 0.25) is 0 Å². The average molecular weight is 679 g/mol. The van der Waals surface area contributed by atoms with E-state index in [2.05, 4.69) is 26.0 Å². The van der Waals surface area contributed by atoms with Crippen molar-refractivity contribution in [2.24, 2.45) is 0 Å². The fraction of sp³-hybridized carbons (Fsp3) is 0.907. The van der Waals surface area contributed by atoms with E-state index >= 15 is 0 Å². The third-order valence-electron chi connectivity index (χ3n) is 9.56. The zero-order valence-electron chi connectivity index (χ0n) is 32.3. The molecule has 0 saturated carbocycles. The quantitative estimate of drug-likeness (QED) is 0.0398. The first-order valence-electron chi connectivity index (χ1n) is 21.2. The Hall–Kier alpha value is -1.36. The number of ether oxygens (including phenoxy) is 2. The summed E-state index contributed by atoms with van der Waals surface area (Å²) in [7, 11) is 0. The van der Waals surface area contributed by atoms with Gasteiger partial charge in [-0.3, -0.25) is 9.59 Å². The van der Waals surface area contributed by atoms with E-state index < -0.39 is 6.10 Å². The summed E-state index contributed by atoms with van der Waals surface area (Å²) in [5.74, 6) is -0.583. The minimum absolute atomic E-state index is 0.0621. The van der Waals surface area contributed by atoms with E-state index in [1.165, 1.54) is 167 Å². The molecule has 1 N–H and O–H groups in total. The Morgan fingerprint density at radius 3 is 1.15 bits per heavy atom. The lowest BCUT2D eigenvalue weighted by Crippen LogP contribution is -2.28. The Morgan fingerprint density at radius 1 is 0.458 bits per heavy atom. The van der Waals surface area contributed by atoms with Crippen molar-refractivity contribution in [1.82, 2.24) is 0 Å². The summed E-state index contributed by atoms with van der Waals surface area (Å²) >= 11 is 0. The van der Waals surface area contributed by atoms with Crippen molar-refractivity contribution in [1.29, 1.82) is 0 Å². The Kier molecular flexibility index (Phi) is 38.9. The van der Waals surface area contributed by atoms with Crippen molar-refractivity contribution < 1.29 is 24.2 Å². The summed E-state index contributed by atoms with van der Waals surface area (Å²) in [4.78, 5) is 24.3. The summed E-state index contributed by atoms with van der Waals surface area (Å²) < 4.78 is 10.6. The predicted octanol–water partition coefficient (Wildman–Crippen LogP) is 13.3. The number of carbonyl (C=O) groups is 2. The molecule has 5 heteroatoms. The highest BCUT2D eigenvalue weighted by atomic mass is 16.6. The largest absolute Gasteiger partial charge is 0.462 e. The summed E-state index contributed by atoms with van der Waals surface area (Å²) in [6.45, 7) is 4.15. The maximum Gasteiger partial charge on any atom is 0.306 e. The molecule has 0 saturated heterocycles. The molecule has 0 heterocycles. The lowest BCUT2D eigenvalue weighted by atomic mass is 10.0. The van der Waals surface area contributed by atoms with Crippen LogP contribution in [0.25, 0.3) is 0 Å². The highest BCUT2D eigenvalue weighted by Crippen LogP contribution is 2.16. The van der Waals surface area contributed by atoms with Gasteiger partial charge in [-0.25, -0.2) is 0 Å². The summed E-state index contributed by atoms with van der Waals surface area (Å²) in [5.41, 5.74) is 0. The van der Waals surface area contributed by atoms with Crippen molar-refractivity contribution >= 4 is 11.9 Å². The van der Waals surface area contributed by atoms with Crippen LogP contribution in [0, 0.1) is 0 Å². The fourth-order valence-electron chi connectivity index (χ4n) is 6.31. The van der Waals surface area contributed by atoms with Crippen LogP contribution in [-0.4, -0.2) is 36.4 Å². The van der Waals surface area contributed by atoms with Crippen molar-refractivity contribution in [3.63, 3.8) is 0 Å². The van der Waals surface area contributed by atoms with Crippen LogP contribution in [0.15, 0.2) is 12.2 Å². The van der Waals surface area contributed by atoms with Gasteiger partial charge in [0, 0.05) is 12.8 Å². The van der Waals surface area contributed by atoms with Crippen LogP contribution >= 0.6 is 0 Å². The summed E-state index contributed by atoms with van der Waals surface area (Å²) in [6, 6.07) is 0. The first-order chi connectivity index (χ1) is 23.6. The standard InChI is InChI=1S/C43H82O5/c1-3-5-7-9-11-13-15-17-19-20-21-22-24-26-28-30-32-34-36-38-43(46)48-41(39-44)40-47-42(45)37-35-33-31-29-27-25-23-18-16-14-12-10-8-6-4-2/h14,16,41,44H,3-13,15,17-40H2,1-2H3/t41-/m0/s1. The van der Waals surface area contributed by atoms with E-state index in [-0.39, 0.29) is 25.2 Å². The number of aliphatic hydroxyl groups excluding tert-OH is 1. The molecule has 0 aromatic carbocycles. The van der Waals surface area contributed by atoms with Gasteiger partial charge in [-0.05, 0) is 38.5 Å². The topological polar surface area (TPSA) is 72.8 Å². The Morgan fingerprint density at radius 2 is 0.771 bits per heavy atom. The lowest BCUT2D eigenvalue weighted by molar-refractivity contribution is -0.161. The first-order valence-corrected chi connectivity index (χ1v) is 21.2. The van der Waals surface area contributed by atoms with Gasteiger partial charge in [0.05, 0.1) is 6.61 Å². The van der Waals surface area contributed by atoms with E-state index in [1.54, 1.807) is 0 Å². The first kappa shape index (κ1) is 46.6. The molecule has 0 bridgehead atoms. The van der Waals surface area contributed by atoms with Gasteiger partial charge in [0.25, 0.3) is 0 Å². The molecule has 48 heavy (non-hydrogen) atoms. The number of hydrogen-bond donors (Lipinski definition) is 1. The molecule has 0 rings (SSSR count). The van der Waals surface area contributed by atoms with Crippen LogP contribution in [-0.2, 0) is 19.1 Å². The van der Waals surface area contributed by atoms with Crippen molar-refractivity contribution in [3.8, 4) is 0 Å². The third-order valence-corrected chi connectivity index (χ3v) is 9.56. The minimum Gasteiger partial charge on any atom is -0.462 e. The normalized spacial score (nSPS) is 12.1. The van der Waals surface area contributed by atoms with E-state index in [9.17, 15) is 14.7 Å². The Bertz CT molecular complexity index is 691. The maximum absolute atomic E-state index is 12.2. The number of aliphatic hydroxyl groups is 1. The molecule has 0 aromatic rings. The molecule has 0 aromatic heterocycles. The minimum atomic E-state index is -0.766. The second-order valence-corrected chi connectivity index (χ2v) is 14.4. The van der Waals surface area contributed by atoms with Gasteiger partial charge in [-0.15, -0.1) is 0 Å². The molecule has 5 nitrogen and oxygen atoms in total. The van der Waals surface area contributed by atoms with Gasteiger partial charge in [0.15, 0.2) is 6.10 Å². The summed E-state index contributed by atoms with van der Waals surface area (Å²) in [6.07, 6.45) is 45.6. The number of unbranched alkanes of at least 4 members (excludes halogenated alkanes) is 29. The van der Waals surface area contributed by atoms with Crippen LogP contribution in [0.2, 0.25) is 0 Å². The number of rotatable bonds is 39. The molecule has 0 fully saturated rings. The molecule has 0 spiro atoms. The van der Waals surface area contributed by atoms with Gasteiger partial charge in [0.1, 0.15) is 6.61 Å². The second-order valence-electron chi connectivity index (χ2n) is 14.4. The second kappa shape index (κ2) is 40.1. The Labute approximate surface area is 299 Å². The third kappa shape index (κ3) is 37.5. The maximum atomic E-state index is 12.2. The monoisotopic (exact) mass is 679 g/mol. The number of esters is 2. The molecule has 0 unspecified atom stereocenters. The van der Waals surface area contributed by atoms with E-state index in [0.29, 0.717) is 12.8 Å². The van der Waals surface area contributed by atoms with Crippen LogP contribution in [0.4, 0.5) is 0 Å². The molecular weight excluding hydrogens is 596 g/mol. The highest BCUT2D eigenvalue weighted by Gasteiger charge is 2.16. The fourth-order valence-corrected chi connectivity index (χ4v) is 6.31. The van der Waals surface area contributed by atoms with E-state index in [4.69, 9.17) is 9.47 Å². The van der Waals surface area contributed by atoms with Gasteiger partial charge in [-0.2, -0.15) is 0 Å². The highest BCUT2D eigenvalue weighted by molar-refractivity contribution is 5.70. The summed E-state index contributed by atoms with van der Waals surface area (Å²) in [5, 5.41) is 9.57. The zero-order chi connectivity index (χ0) is 35.0. The van der Waals surface area contributed by atoms with Crippen molar-refractivity contribution in [2.75, 3.05) is 13.2 Å². The van der Waals surface area contributed by atoms with Gasteiger partial charge in [-0.1, -0.05) is 193 Å².